The second-order valence-corrected chi connectivity index (χ2v) is 18.8. The van der Waals surface area contributed by atoms with Crippen LogP contribution in [0.1, 0.15) is 11.1 Å². The Morgan fingerprint density at radius 3 is 1.12 bits per heavy atom. The number of hydrogen-bond donors (Lipinski definition) is 0. The molecule has 0 bridgehead atoms. The van der Waals surface area contributed by atoms with E-state index in [-0.39, 0.29) is 0 Å². The van der Waals surface area contributed by atoms with E-state index in [1.54, 1.807) is 0 Å². The van der Waals surface area contributed by atoms with Crippen LogP contribution in [0.2, 0.25) is 39.3 Å². The zero-order chi connectivity index (χ0) is 23.3. The molecule has 0 amide bonds. The molecule has 0 aliphatic heterocycles. The van der Waals surface area contributed by atoms with E-state index < -0.39 is 27.8 Å². The fraction of sp³-hybridized carbons (Fsp3) is 0.286. The van der Waals surface area contributed by atoms with Crippen LogP contribution in [-0.4, -0.2) is 27.8 Å². The first-order valence-corrected chi connectivity index (χ1v) is 17.8. The highest BCUT2D eigenvalue weighted by molar-refractivity contribution is 6.70. The lowest BCUT2D eigenvalue weighted by molar-refractivity contribution is 0.190. The largest absolute Gasteiger partial charge is 0.396 e. The van der Waals surface area contributed by atoms with Gasteiger partial charge >= 0.3 is 0 Å². The van der Waals surface area contributed by atoms with Gasteiger partial charge in [0, 0.05) is 11.1 Å². The van der Waals surface area contributed by atoms with Crippen molar-refractivity contribution in [2.45, 2.75) is 50.5 Å². The lowest BCUT2D eigenvalue weighted by atomic mass is 9.89. The molecule has 4 heteroatoms. The van der Waals surface area contributed by atoms with Crippen molar-refractivity contribution >= 4 is 16.6 Å². The van der Waals surface area contributed by atoms with Gasteiger partial charge in [0.1, 0.15) is 0 Å². The van der Waals surface area contributed by atoms with Crippen LogP contribution in [0.3, 0.4) is 0 Å². The van der Waals surface area contributed by atoms with E-state index in [4.69, 9.17) is 8.85 Å². The van der Waals surface area contributed by atoms with Crippen molar-refractivity contribution in [3.8, 4) is 23.7 Å². The third-order valence-corrected chi connectivity index (χ3v) is 6.36. The van der Waals surface area contributed by atoms with Crippen molar-refractivity contribution in [2.24, 2.45) is 0 Å². The summed E-state index contributed by atoms with van der Waals surface area (Å²) in [5.41, 5.74) is 0.348. The Morgan fingerprint density at radius 2 is 0.844 bits per heavy atom. The molecule has 0 unspecified atom stereocenters. The van der Waals surface area contributed by atoms with E-state index in [1.165, 1.54) is 0 Å². The zero-order valence-electron chi connectivity index (χ0n) is 19.9. The Labute approximate surface area is 195 Å². The van der Waals surface area contributed by atoms with Crippen molar-refractivity contribution < 1.29 is 8.85 Å². The van der Waals surface area contributed by atoms with Crippen molar-refractivity contribution in [3.63, 3.8) is 0 Å². The summed E-state index contributed by atoms with van der Waals surface area (Å²) in [6.07, 6.45) is 8.12. The minimum absolute atomic E-state index is 0.791. The molecular weight excluding hydrogens is 424 g/mol. The highest BCUT2D eigenvalue weighted by Crippen LogP contribution is 2.32. The smallest absolute Gasteiger partial charge is 0.186 e. The average Bonchev–Trinajstić information content (AvgIpc) is 2.72. The van der Waals surface area contributed by atoms with Crippen LogP contribution in [-0.2, 0) is 8.85 Å². The quantitative estimate of drug-likeness (QED) is 0.301. The van der Waals surface area contributed by atoms with Crippen molar-refractivity contribution in [1.82, 2.24) is 0 Å². The number of hydrogen-bond acceptors (Lipinski definition) is 2. The summed E-state index contributed by atoms with van der Waals surface area (Å²) < 4.78 is 13.1. The van der Waals surface area contributed by atoms with Crippen LogP contribution in [0, 0.1) is 23.7 Å². The van der Waals surface area contributed by atoms with Gasteiger partial charge < -0.3 is 8.85 Å². The Kier molecular flexibility index (Phi) is 7.13. The standard InChI is InChI=1S/C28H32O2Si2/c1-31(2,3)29-27(19-17-25-13-9-7-10-14-25)21-23-28(24-22-27,30-32(4,5)6)20-18-26-15-11-8-12-16-26/h7-16,21-24H,1-6H3. The Balaban J connectivity index is 2.02. The van der Waals surface area contributed by atoms with Crippen LogP contribution < -0.4 is 0 Å². The summed E-state index contributed by atoms with van der Waals surface area (Å²) in [6, 6.07) is 20.0. The second-order valence-electron chi connectivity index (χ2n) is 9.91. The molecule has 164 valence electrons. The fourth-order valence-corrected chi connectivity index (χ4v) is 5.76. The Morgan fingerprint density at radius 1 is 0.531 bits per heavy atom. The van der Waals surface area contributed by atoms with Gasteiger partial charge in [0.25, 0.3) is 0 Å². The molecule has 0 heterocycles. The zero-order valence-corrected chi connectivity index (χ0v) is 21.9. The van der Waals surface area contributed by atoms with Gasteiger partial charge in [0.05, 0.1) is 0 Å². The van der Waals surface area contributed by atoms with Crippen molar-refractivity contribution in [1.29, 1.82) is 0 Å². The minimum Gasteiger partial charge on any atom is -0.396 e. The summed E-state index contributed by atoms with van der Waals surface area (Å²) in [6.45, 7) is 13.1. The van der Waals surface area contributed by atoms with Gasteiger partial charge in [-0.1, -0.05) is 60.1 Å². The summed E-state index contributed by atoms with van der Waals surface area (Å²) >= 11 is 0. The van der Waals surface area contributed by atoms with Crippen LogP contribution in [0.4, 0.5) is 0 Å². The predicted molar refractivity (Wildman–Crippen MR) is 139 cm³/mol. The second kappa shape index (κ2) is 9.49. The fourth-order valence-electron chi connectivity index (χ4n) is 3.36. The monoisotopic (exact) mass is 456 g/mol. The molecule has 3 rings (SSSR count). The first-order valence-electron chi connectivity index (χ1n) is 11.0. The van der Waals surface area contributed by atoms with Gasteiger partial charge in [0.15, 0.2) is 27.8 Å². The van der Waals surface area contributed by atoms with E-state index in [2.05, 4.69) is 63.0 Å². The molecule has 0 saturated carbocycles. The number of benzene rings is 2. The van der Waals surface area contributed by atoms with Gasteiger partial charge in [-0.2, -0.15) is 0 Å². The number of rotatable bonds is 4. The lowest BCUT2D eigenvalue weighted by Gasteiger charge is -2.37. The molecule has 2 nitrogen and oxygen atoms in total. The highest BCUT2D eigenvalue weighted by atomic mass is 28.4. The lowest BCUT2D eigenvalue weighted by Crippen LogP contribution is -2.45. The summed E-state index contributed by atoms with van der Waals surface area (Å²) in [5.74, 6) is 13.3. The van der Waals surface area contributed by atoms with Crippen LogP contribution >= 0.6 is 0 Å². The van der Waals surface area contributed by atoms with E-state index in [0.717, 1.165) is 11.1 Å². The minimum atomic E-state index is -1.89. The molecule has 0 saturated heterocycles. The molecule has 2 aromatic carbocycles. The van der Waals surface area contributed by atoms with Gasteiger partial charge in [-0.15, -0.1) is 0 Å². The normalized spacial score (nSPS) is 22.4. The molecule has 2 aromatic rings. The summed E-state index contributed by atoms with van der Waals surface area (Å²) in [4.78, 5) is 0. The third-order valence-electron chi connectivity index (χ3n) is 4.46. The van der Waals surface area contributed by atoms with Gasteiger partial charge in [0.2, 0.25) is 0 Å². The van der Waals surface area contributed by atoms with Crippen LogP contribution in [0.15, 0.2) is 85.0 Å². The highest BCUT2D eigenvalue weighted by Gasteiger charge is 2.38. The van der Waals surface area contributed by atoms with Gasteiger partial charge in [-0.3, -0.25) is 0 Å². The Bertz CT molecular complexity index is 993. The van der Waals surface area contributed by atoms with Crippen molar-refractivity contribution in [3.05, 3.63) is 96.1 Å². The average molecular weight is 457 g/mol. The molecule has 0 N–H and O–H groups in total. The molecule has 0 radical (unpaired) electrons. The van der Waals surface area contributed by atoms with E-state index in [9.17, 15) is 0 Å². The van der Waals surface area contributed by atoms with Gasteiger partial charge in [-0.25, -0.2) is 0 Å². The third kappa shape index (κ3) is 7.22. The molecule has 1 aliphatic rings. The molecule has 32 heavy (non-hydrogen) atoms. The maximum Gasteiger partial charge on any atom is 0.186 e. The topological polar surface area (TPSA) is 18.5 Å². The van der Waals surface area contributed by atoms with E-state index in [1.807, 2.05) is 85.0 Å². The van der Waals surface area contributed by atoms with E-state index >= 15 is 0 Å². The summed E-state index contributed by atoms with van der Waals surface area (Å²) in [5, 5.41) is 0. The van der Waals surface area contributed by atoms with E-state index in [0.29, 0.717) is 0 Å². The van der Waals surface area contributed by atoms with Gasteiger partial charge in [-0.05, 0) is 87.9 Å². The molecular formula is C28H32O2Si2. The maximum atomic E-state index is 6.57. The first kappa shape index (κ1) is 24.0. The molecule has 0 spiro atoms. The first-order chi connectivity index (χ1) is 15.0. The van der Waals surface area contributed by atoms with Crippen molar-refractivity contribution in [2.75, 3.05) is 0 Å². The molecule has 0 aromatic heterocycles. The molecule has 1 aliphatic carbocycles. The molecule has 0 fully saturated rings. The summed E-state index contributed by atoms with van der Waals surface area (Å²) in [7, 11) is -3.79. The van der Waals surface area contributed by atoms with Crippen LogP contribution in [0.5, 0.6) is 0 Å². The predicted octanol–water partition coefficient (Wildman–Crippen LogP) is 6.40. The maximum absolute atomic E-state index is 6.57. The van der Waals surface area contributed by atoms with Crippen LogP contribution in [0.25, 0.3) is 0 Å². The SMILES string of the molecule is C[Si](C)(C)OC1(C#Cc2ccccc2)C=CC(C#Cc2ccccc2)(O[Si](C)(C)C)C=C1. The Hall–Kier alpha value is -2.61. The molecule has 0 atom stereocenters.